The highest BCUT2D eigenvalue weighted by Crippen LogP contribution is 1.71. The molecule has 3 nitrogen and oxygen atoms in total. The van der Waals surface area contributed by atoms with E-state index in [1.807, 2.05) is 0 Å². The van der Waals surface area contributed by atoms with Gasteiger partial charge in [0.2, 0.25) is 0 Å². The minimum atomic E-state index is -0.745. The fraction of sp³-hybridized carbons (Fsp3) is 0.889. The molecule has 0 atom stereocenters. The molecule has 0 rings (SSSR count). The molecule has 0 aliphatic rings. The average molecular weight is 175 g/mol. The van der Waals surface area contributed by atoms with Crippen LogP contribution in [0.2, 0.25) is 0 Å². The van der Waals surface area contributed by atoms with Crippen molar-refractivity contribution in [2.24, 2.45) is 0 Å². The predicted octanol–water partition coefficient (Wildman–Crippen LogP) is 1.88. The molecular weight excluding hydrogens is 154 g/mol. The van der Waals surface area contributed by atoms with E-state index in [2.05, 4.69) is 19.2 Å². The first-order chi connectivity index (χ1) is 5.68. The summed E-state index contributed by atoms with van der Waals surface area (Å²) >= 11 is 0. The van der Waals surface area contributed by atoms with Gasteiger partial charge in [-0.25, -0.2) is 0 Å². The summed E-state index contributed by atoms with van der Waals surface area (Å²) in [5.41, 5.74) is 0. The first-order valence-corrected chi connectivity index (χ1v) is 4.61. The van der Waals surface area contributed by atoms with Crippen molar-refractivity contribution in [3.8, 4) is 0 Å². The molecule has 0 saturated heterocycles. The summed E-state index contributed by atoms with van der Waals surface area (Å²) in [5, 5.41) is 11.0. The van der Waals surface area contributed by atoms with Gasteiger partial charge in [-0.1, -0.05) is 20.8 Å². The first kappa shape index (κ1) is 14.0. The lowest BCUT2D eigenvalue weighted by molar-refractivity contribution is -0.136. The van der Waals surface area contributed by atoms with Gasteiger partial charge < -0.3 is 10.4 Å². The zero-order valence-electron chi connectivity index (χ0n) is 8.39. The summed E-state index contributed by atoms with van der Waals surface area (Å²) in [4.78, 5) is 9.37. The SMILES string of the molecule is CCC(=O)O.CCCNCCC. The van der Waals surface area contributed by atoms with Crippen LogP contribution in [0.3, 0.4) is 0 Å². The van der Waals surface area contributed by atoms with Crippen molar-refractivity contribution in [2.45, 2.75) is 40.0 Å². The second-order valence-corrected chi connectivity index (χ2v) is 2.50. The fourth-order valence-corrected chi connectivity index (χ4v) is 0.479. The Hall–Kier alpha value is -0.570. The predicted molar refractivity (Wildman–Crippen MR) is 51.4 cm³/mol. The molecule has 3 heteroatoms. The van der Waals surface area contributed by atoms with Crippen molar-refractivity contribution >= 4 is 5.97 Å². The summed E-state index contributed by atoms with van der Waals surface area (Å²) < 4.78 is 0. The fourth-order valence-electron chi connectivity index (χ4n) is 0.479. The number of carboxylic acids is 1. The highest BCUT2D eigenvalue weighted by atomic mass is 16.4. The maximum absolute atomic E-state index is 9.37. The van der Waals surface area contributed by atoms with Crippen LogP contribution in [0.15, 0.2) is 0 Å². The van der Waals surface area contributed by atoms with Crippen LogP contribution in [0, 0.1) is 0 Å². The van der Waals surface area contributed by atoms with Crippen LogP contribution in [-0.2, 0) is 4.79 Å². The molecule has 0 heterocycles. The lowest BCUT2D eigenvalue weighted by Gasteiger charge is -1.95. The van der Waals surface area contributed by atoms with Gasteiger partial charge in [0, 0.05) is 6.42 Å². The van der Waals surface area contributed by atoms with Crippen molar-refractivity contribution < 1.29 is 9.90 Å². The van der Waals surface area contributed by atoms with Gasteiger partial charge in [0.25, 0.3) is 0 Å². The van der Waals surface area contributed by atoms with E-state index >= 15 is 0 Å². The first-order valence-electron chi connectivity index (χ1n) is 4.61. The minimum absolute atomic E-state index is 0.222. The summed E-state index contributed by atoms with van der Waals surface area (Å²) in [6.07, 6.45) is 2.72. The average Bonchev–Trinajstić information content (AvgIpc) is 2.07. The van der Waals surface area contributed by atoms with E-state index in [1.54, 1.807) is 6.92 Å². The molecule has 0 amide bonds. The van der Waals surface area contributed by atoms with Gasteiger partial charge in [0.15, 0.2) is 0 Å². The van der Waals surface area contributed by atoms with Crippen LogP contribution in [0.4, 0.5) is 0 Å². The molecule has 0 radical (unpaired) electrons. The number of aliphatic carboxylic acids is 1. The van der Waals surface area contributed by atoms with Gasteiger partial charge in [0.05, 0.1) is 0 Å². The molecular formula is C9H21NO2. The van der Waals surface area contributed by atoms with Crippen molar-refractivity contribution in [3.05, 3.63) is 0 Å². The van der Waals surface area contributed by atoms with E-state index in [4.69, 9.17) is 5.11 Å². The van der Waals surface area contributed by atoms with Gasteiger partial charge in [-0.15, -0.1) is 0 Å². The molecule has 2 N–H and O–H groups in total. The van der Waals surface area contributed by atoms with Gasteiger partial charge in [-0.05, 0) is 25.9 Å². The third-order valence-corrected chi connectivity index (χ3v) is 1.16. The van der Waals surface area contributed by atoms with E-state index in [0.717, 1.165) is 0 Å². The number of carbonyl (C=O) groups is 1. The maximum atomic E-state index is 9.37. The summed E-state index contributed by atoms with van der Waals surface area (Å²) in [6.45, 7) is 8.31. The molecule has 0 aliphatic heterocycles. The van der Waals surface area contributed by atoms with Crippen molar-refractivity contribution in [1.82, 2.24) is 5.32 Å². The van der Waals surface area contributed by atoms with Gasteiger partial charge >= 0.3 is 5.97 Å². The van der Waals surface area contributed by atoms with Crippen LogP contribution in [0.1, 0.15) is 40.0 Å². The molecule has 0 aliphatic carbocycles. The number of hydrogen-bond donors (Lipinski definition) is 2. The topological polar surface area (TPSA) is 49.3 Å². The lowest BCUT2D eigenvalue weighted by Crippen LogP contribution is -2.14. The van der Waals surface area contributed by atoms with Crippen LogP contribution >= 0.6 is 0 Å². The Kier molecular flexibility index (Phi) is 15.2. The third-order valence-electron chi connectivity index (χ3n) is 1.16. The quantitative estimate of drug-likeness (QED) is 0.627. The van der Waals surface area contributed by atoms with E-state index < -0.39 is 5.97 Å². The third kappa shape index (κ3) is 22.7. The van der Waals surface area contributed by atoms with Crippen LogP contribution in [0.5, 0.6) is 0 Å². The second-order valence-electron chi connectivity index (χ2n) is 2.50. The number of carboxylic acid groups (broad SMARTS) is 1. The highest BCUT2D eigenvalue weighted by Gasteiger charge is 1.80. The molecule has 0 unspecified atom stereocenters. The van der Waals surface area contributed by atoms with E-state index in [0.29, 0.717) is 0 Å². The van der Waals surface area contributed by atoms with E-state index in [-0.39, 0.29) is 6.42 Å². The molecule has 0 bridgehead atoms. The lowest BCUT2D eigenvalue weighted by atomic mass is 10.4. The molecule has 12 heavy (non-hydrogen) atoms. The Balaban J connectivity index is 0. The maximum Gasteiger partial charge on any atom is 0.303 e. The van der Waals surface area contributed by atoms with Crippen molar-refractivity contribution in [2.75, 3.05) is 13.1 Å². The van der Waals surface area contributed by atoms with E-state index in [9.17, 15) is 4.79 Å². The number of rotatable bonds is 5. The molecule has 0 spiro atoms. The van der Waals surface area contributed by atoms with Gasteiger partial charge in [0.1, 0.15) is 0 Å². The van der Waals surface area contributed by atoms with Crippen molar-refractivity contribution in [1.29, 1.82) is 0 Å². The zero-order chi connectivity index (χ0) is 9.82. The number of hydrogen-bond acceptors (Lipinski definition) is 2. The molecule has 0 aromatic carbocycles. The van der Waals surface area contributed by atoms with Gasteiger partial charge in [-0.2, -0.15) is 0 Å². The number of nitrogens with one attached hydrogen (secondary N) is 1. The minimum Gasteiger partial charge on any atom is -0.481 e. The Morgan fingerprint density at radius 3 is 1.67 bits per heavy atom. The normalized spacial score (nSPS) is 8.58. The smallest absolute Gasteiger partial charge is 0.303 e. The second kappa shape index (κ2) is 13.1. The van der Waals surface area contributed by atoms with Crippen molar-refractivity contribution in [3.63, 3.8) is 0 Å². The Bertz CT molecular complexity index is 90.5. The van der Waals surface area contributed by atoms with Gasteiger partial charge in [-0.3, -0.25) is 4.79 Å². The Labute approximate surface area is 75.2 Å². The standard InChI is InChI=1S/C6H15N.C3H6O2/c1-3-5-7-6-4-2;1-2-3(4)5/h7H,3-6H2,1-2H3;2H2,1H3,(H,4,5). The zero-order valence-corrected chi connectivity index (χ0v) is 8.39. The summed E-state index contributed by atoms with van der Waals surface area (Å²) in [6, 6.07) is 0. The summed E-state index contributed by atoms with van der Waals surface area (Å²) in [7, 11) is 0. The molecule has 0 saturated carbocycles. The molecule has 0 aromatic heterocycles. The van der Waals surface area contributed by atoms with Crippen LogP contribution < -0.4 is 5.32 Å². The molecule has 0 aromatic rings. The monoisotopic (exact) mass is 175 g/mol. The van der Waals surface area contributed by atoms with E-state index in [1.165, 1.54) is 25.9 Å². The summed E-state index contributed by atoms with van der Waals surface area (Å²) in [5.74, 6) is -0.745. The van der Waals surface area contributed by atoms with Crippen LogP contribution in [0.25, 0.3) is 0 Å². The largest absolute Gasteiger partial charge is 0.481 e. The molecule has 74 valence electrons. The highest BCUT2D eigenvalue weighted by molar-refractivity contribution is 5.66. The van der Waals surface area contributed by atoms with Crippen LogP contribution in [-0.4, -0.2) is 24.2 Å². The molecule has 0 fully saturated rings. The Morgan fingerprint density at radius 2 is 1.50 bits per heavy atom. The Morgan fingerprint density at radius 1 is 1.17 bits per heavy atom.